The zero-order valence-corrected chi connectivity index (χ0v) is 13.8. The quantitative estimate of drug-likeness (QED) is 0.0724. The minimum atomic E-state index is -2.20. The van der Waals surface area contributed by atoms with Crippen molar-refractivity contribution in [1.82, 2.24) is 20.6 Å². The maximum Gasteiger partial charge on any atom is 0.136 e. The van der Waals surface area contributed by atoms with Gasteiger partial charge in [-0.1, -0.05) is 20.3 Å². The van der Waals surface area contributed by atoms with Gasteiger partial charge in [-0.25, -0.2) is 10.5 Å². The second-order valence-corrected chi connectivity index (χ2v) is 7.98. The monoisotopic (exact) mass is 309 g/mol. The molecule has 0 saturated carbocycles. The molecule has 114 valence electrons. The zero-order valence-electron chi connectivity index (χ0n) is 12.1. The number of hydrogen-bond acceptors (Lipinski definition) is 4. The molecular formula is C10H28N7PS. The molecule has 9 heteroatoms. The van der Waals surface area contributed by atoms with E-state index in [2.05, 4.69) is 34.5 Å². The predicted molar refractivity (Wildman–Crippen MR) is 86.8 cm³/mol. The molecule has 19 heavy (non-hydrogen) atoms. The second-order valence-electron chi connectivity index (χ2n) is 4.36. The number of hydrazine groups is 1. The molecule has 0 bridgehead atoms. The predicted octanol–water partition coefficient (Wildman–Crippen LogP) is 0.614. The molecular weight excluding hydrogens is 281 g/mol. The highest BCUT2D eigenvalue weighted by molar-refractivity contribution is 8.11. The van der Waals surface area contributed by atoms with Crippen molar-refractivity contribution >= 4 is 24.6 Å². The second kappa shape index (κ2) is 10.5. The van der Waals surface area contributed by atoms with Gasteiger partial charge < -0.3 is 5.84 Å². The Hall–Kier alpha value is -0.240. The molecule has 2 atom stereocenters. The number of nitrogens with two attached hydrogens (primary N) is 2. The molecule has 0 aromatic heterocycles. The minimum Gasteiger partial charge on any atom is -0.322 e. The Morgan fingerprint density at radius 1 is 1.42 bits per heavy atom. The molecule has 7 nitrogen and oxygen atoms in total. The van der Waals surface area contributed by atoms with Crippen molar-refractivity contribution in [1.29, 1.82) is 0 Å². The Morgan fingerprint density at radius 2 is 2.11 bits per heavy atom. The highest BCUT2D eigenvalue weighted by Crippen LogP contribution is 2.25. The van der Waals surface area contributed by atoms with Gasteiger partial charge >= 0.3 is 0 Å². The summed E-state index contributed by atoms with van der Waals surface area (Å²) in [6.45, 7) is 5.62. The highest BCUT2D eigenvalue weighted by atomic mass is 32.4. The number of hydrazone groups is 1. The number of nitrogens with zero attached hydrogens (tertiary/aromatic N) is 2. The molecule has 0 aliphatic heterocycles. The first kappa shape index (κ1) is 18.8. The smallest absolute Gasteiger partial charge is 0.136 e. The molecule has 0 amide bonds. The fourth-order valence-electron chi connectivity index (χ4n) is 1.51. The number of rotatable bonds is 11. The Morgan fingerprint density at radius 3 is 2.63 bits per heavy atom. The van der Waals surface area contributed by atoms with Crippen LogP contribution in [-0.4, -0.2) is 30.6 Å². The van der Waals surface area contributed by atoms with Gasteiger partial charge in [0, 0.05) is 13.1 Å². The third-order valence-corrected chi connectivity index (χ3v) is 4.46. The first-order chi connectivity index (χ1) is 8.95. The molecule has 0 spiro atoms. The lowest BCUT2D eigenvalue weighted by Gasteiger charge is -2.29. The summed E-state index contributed by atoms with van der Waals surface area (Å²) in [7, 11) is 0. The molecule has 0 fully saturated rings. The van der Waals surface area contributed by atoms with E-state index in [1.54, 1.807) is 6.34 Å². The molecule has 0 aromatic rings. The van der Waals surface area contributed by atoms with Crippen LogP contribution in [0.15, 0.2) is 5.10 Å². The lowest BCUT2D eigenvalue weighted by Crippen LogP contribution is -2.50. The maximum atomic E-state index is 6.07. The van der Waals surface area contributed by atoms with Crippen molar-refractivity contribution in [2.75, 3.05) is 13.1 Å². The van der Waals surface area contributed by atoms with Crippen LogP contribution >= 0.6 is 6.49 Å². The zero-order chi connectivity index (χ0) is 14.7. The largest absolute Gasteiger partial charge is 0.322 e. The average Bonchev–Trinajstić information content (AvgIpc) is 2.28. The summed E-state index contributed by atoms with van der Waals surface area (Å²) in [6, 6.07) is 0. The van der Waals surface area contributed by atoms with Crippen molar-refractivity contribution in [2.45, 2.75) is 46.2 Å². The van der Waals surface area contributed by atoms with Crippen LogP contribution in [0.25, 0.3) is 0 Å². The van der Waals surface area contributed by atoms with Crippen LogP contribution in [0.5, 0.6) is 0 Å². The summed E-state index contributed by atoms with van der Waals surface area (Å²) in [6.07, 6.45) is 4.66. The lowest BCUT2D eigenvalue weighted by atomic mass is 10.3. The van der Waals surface area contributed by atoms with E-state index in [9.17, 15) is 0 Å². The van der Waals surface area contributed by atoms with Crippen LogP contribution < -0.4 is 26.9 Å². The molecule has 7 N–H and O–H groups in total. The Labute approximate surface area is 121 Å². The van der Waals surface area contributed by atoms with E-state index >= 15 is 0 Å². The fourth-order valence-corrected chi connectivity index (χ4v) is 3.47. The van der Waals surface area contributed by atoms with Crippen LogP contribution in [0.4, 0.5) is 0 Å². The standard InChI is InChI=1S/C10H28N7PS/c1-4-6-7-14-18(12,19)16-10(3)15-17(8-5-2)9-13-11/h9-10,15H,4-8,11H2,1-3H3,(H4,12,14,16,19)/b13-9-. The van der Waals surface area contributed by atoms with Crippen LogP contribution in [-0.2, 0) is 11.8 Å². The van der Waals surface area contributed by atoms with E-state index in [1.807, 2.05) is 11.9 Å². The fraction of sp³-hybridized carbons (Fsp3) is 0.900. The van der Waals surface area contributed by atoms with E-state index in [0.29, 0.717) is 0 Å². The molecule has 2 unspecified atom stereocenters. The molecule has 0 aromatic carbocycles. The first-order valence-corrected chi connectivity index (χ1v) is 9.50. The van der Waals surface area contributed by atoms with Crippen molar-refractivity contribution < 1.29 is 0 Å². The van der Waals surface area contributed by atoms with Crippen molar-refractivity contribution in [2.24, 2.45) is 16.4 Å². The lowest BCUT2D eigenvalue weighted by molar-refractivity contribution is 0.268. The van der Waals surface area contributed by atoms with Gasteiger partial charge in [0.05, 0.1) is 6.17 Å². The van der Waals surface area contributed by atoms with Crippen molar-refractivity contribution in [3.63, 3.8) is 0 Å². The van der Waals surface area contributed by atoms with Crippen LogP contribution in [0, 0.1) is 0 Å². The summed E-state index contributed by atoms with van der Waals surface area (Å²) in [5.41, 5.74) is 9.27. The molecule has 0 aliphatic rings. The first-order valence-electron chi connectivity index (χ1n) is 6.62. The van der Waals surface area contributed by atoms with Crippen LogP contribution in [0.2, 0.25) is 0 Å². The van der Waals surface area contributed by atoms with Gasteiger partial charge in [0.1, 0.15) is 12.8 Å². The van der Waals surface area contributed by atoms with E-state index < -0.39 is 6.49 Å². The number of unbranched alkanes of at least 4 members (excludes halogenated alkanes) is 1. The van der Waals surface area contributed by atoms with Crippen molar-refractivity contribution in [3.05, 3.63) is 0 Å². The maximum absolute atomic E-state index is 6.07. The van der Waals surface area contributed by atoms with E-state index in [4.69, 9.17) is 23.2 Å². The molecule has 0 rings (SSSR count). The minimum absolute atomic E-state index is 0.0606. The Kier molecular flexibility index (Phi) is 10.4. The van der Waals surface area contributed by atoms with Gasteiger partial charge in [0.15, 0.2) is 0 Å². The topological polar surface area (TPSA) is 104 Å². The summed E-state index contributed by atoms with van der Waals surface area (Å²) in [4.78, 5) is 0. The Bertz CT molecular complexity index is 300. The van der Waals surface area contributed by atoms with Gasteiger partial charge in [0.2, 0.25) is 0 Å². The summed E-state index contributed by atoms with van der Waals surface area (Å²) < 4.78 is 0. The SMILES string of the molecule is CCCCNP(N)(=S)NC(C)NN(/C=N\N)CCC. The molecule has 0 saturated heterocycles. The van der Waals surface area contributed by atoms with Gasteiger partial charge in [0.25, 0.3) is 0 Å². The van der Waals surface area contributed by atoms with Crippen LogP contribution in [0.3, 0.4) is 0 Å². The normalized spacial score (nSPS) is 16.4. The molecule has 0 radical (unpaired) electrons. The van der Waals surface area contributed by atoms with E-state index in [-0.39, 0.29) is 6.17 Å². The molecule has 0 aliphatic carbocycles. The molecule has 0 heterocycles. The summed E-state index contributed by atoms with van der Waals surface area (Å²) >= 11 is 5.36. The number of hydrogen-bond donors (Lipinski definition) is 5. The van der Waals surface area contributed by atoms with Gasteiger partial charge in [-0.05, 0) is 31.6 Å². The van der Waals surface area contributed by atoms with Gasteiger partial charge in [-0.2, -0.15) is 5.10 Å². The van der Waals surface area contributed by atoms with Gasteiger partial charge in [-0.3, -0.25) is 15.6 Å². The highest BCUT2D eigenvalue weighted by Gasteiger charge is 2.14. The van der Waals surface area contributed by atoms with Crippen molar-refractivity contribution in [3.8, 4) is 0 Å². The van der Waals surface area contributed by atoms with E-state index in [0.717, 1.165) is 32.4 Å². The average molecular weight is 309 g/mol. The van der Waals surface area contributed by atoms with E-state index in [1.165, 1.54) is 0 Å². The third kappa shape index (κ3) is 10.2. The summed E-state index contributed by atoms with van der Waals surface area (Å²) in [5, 5.41) is 11.7. The third-order valence-electron chi connectivity index (χ3n) is 2.29. The van der Waals surface area contributed by atoms with Crippen LogP contribution in [0.1, 0.15) is 40.0 Å². The Balaban J connectivity index is 4.18. The van der Waals surface area contributed by atoms with Gasteiger partial charge in [-0.15, -0.1) is 0 Å². The number of nitrogens with one attached hydrogen (secondary N) is 3. The summed E-state index contributed by atoms with van der Waals surface area (Å²) in [5.74, 6) is 5.16.